The van der Waals surface area contributed by atoms with E-state index in [1.807, 2.05) is 26.0 Å². The van der Waals surface area contributed by atoms with Crippen molar-refractivity contribution in [3.8, 4) is 11.6 Å². The number of aromatic nitrogens is 4. The van der Waals surface area contributed by atoms with Gasteiger partial charge in [-0.1, -0.05) is 6.07 Å². The zero-order valence-corrected chi connectivity index (χ0v) is 13.8. The quantitative estimate of drug-likeness (QED) is 0.620. The fourth-order valence-corrected chi connectivity index (χ4v) is 2.84. The number of anilines is 1. The minimum Gasteiger partial charge on any atom is -0.458 e. The van der Waals surface area contributed by atoms with Gasteiger partial charge in [0.05, 0.1) is 6.20 Å². The SMILES string of the molecule is Cc1ccc(-c2nc(N)nc3c(Cc4ccc(F)cc4C)cnn23)o1. The van der Waals surface area contributed by atoms with Gasteiger partial charge in [0.1, 0.15) is 11.6 Å². The summed E-state index contributed by atoms with van der Waals surface area (Å²) in [7, 11) is 0. The molecule has 4 aromatic rings. The average Bonchev–Trinajstić information content (AvgIpc) is 3.16. The van der Waals surface area contributed by atoms with E-state index in [1.54, 1.807) is 16.8 Å². The molecular formula is C18H16FN5O. The van der Waals surface area contributed by atoms with Gasteiger partial charge in [-0.2, -0.15) is 19.6 Å². The van der Waals surface area contributed by atoms with E-state index in [9.17, 15) is 4.39 Å². The first-order chi connectivity index (χ1) is 12.0. The van der Waals surface area contributed by atoms with Crippen molar-refractivity contribution in [3.05, 3.63) is 64.8 Å². The third-order valence-electron chi connectivity index (χ3n) is 4.10. The highest BCUT2D eigenvalue weighted by Crippen LogP contribution is 2.24. The maximum atomic E-state index is 13.3. The number of aryl methyl sites for hydroxylation is 2. The maximum absolute atomic E-state index is 13.3. The summed E-state index contributed by atoms with van der Waals surface area (Å²) in [5, 5.41) is 4.39. The molecule has 0 unspecified atom stereocenters. The minimum absolute atomic E-state index is 0.147. The number of hydrogen-bond donors (Lipinski definition) is 1. The molecule has 0 bridgehead atoms. The van der Waals surface area contributed by atoms with Crippen LogP contribution >= 0.6 is 0 Å². The van der Waals surface area contributed by atoms with Crippen LogP contribution in [0.2, 0.25) is 0 Å². The van der Waals surface area contributed by atoms with Gasteiger partial charge in [-0.15, -0.1) is 0 Å². The summed E-state index contributed by atoms with van der Waals surface area (Å²) in [6, 6.07) is 8.42. The van der Waals surface area contributed by atoms with Crippen LogP contribution in [0.1, 0.15) is 22.5 Å². The molecule has 0 amide bonds. The predicted octanol–water partition coefficient (Wildman–Crippen LogP) is 3.31. The lowest BCUT2D eigenvalue weighted by atomic mass is 10.0. The smallest absolute Gasteiger partial charge is 0.224 e. The van der Waals surface area contributed by atoms with E-state index in [2.05, 4.69) is 15.1 Å². The zero-order valence-electron chi connectivity index (χ0n) is 13.8. The van der Waals surface area contributed by atoms with Crippen molar-refractivity contribution >= 4 is 11.6 Å². The second-order valence-electron chi connectivity index (χ2n) is 5.97. The Hall–Kier alpha value is -3.22. The van der Waals surface area contributed by atoms with Crippen molar-refractivity contribution in [1.82, 2.24) is 19.6 Å². The average molecular weight is 337 g/mol. The molecule has 1 aromatic carbocycles. The number of halogens is 1. The van der Waals surface area contributed by atoms with Crippen molar-refractivity contribution in [2.24, 2.45) is 0 Å². The number of fused-ring (bicyclic) bond motifs is 1. The highest BCUT2D eigenvalue weighted by Gasteiger charge is 2.16. The summed E-state index contributed by atoms with van der Waals surface area (Å²) in [5.41, 5.74) is 9.26. The van der Waals surface area contributed by atoms with Gasteiger partial charge in [0.15, 0.2) is 11.4 Å². The molecule has 3 heterocycles. The van der Waals surface area contributed by atoms with Crippen LogP contribution in [-0.2, 0) is 6.42 Å². The van der Waals surface area contributed by atoms with Crippen LogP contribution in [0.4, 0.5) is 10.3 Å². The molecule has 126 valence electrons. The maximum Gasteiger partial charge on any atom is 0.224 e. The third kappa shape index (κ3) is 2.73. The second kappa shape index (κ2) is 5.70. The van der Waals surface area contributed by atoms with Crippen LogP contribution < -0.4 is 5.73 Å². The topological polar surface area (TPSA) is 82.2 Å². The van der Waals surface area contributed by atoms with E-state index >= 15 is 0 Å². The number of nitrogen functional groups attached to an aromatic ring is 1. The third-order valence-corrected chi connectivity index (χ3v) is 4.10. The van der Waals surface area contributed by atoms with Crippen LogP contribution in [0, 0.1) is 19.7 Å². The standard InChI is InChI=1S/C18H16FN5O/c1-10-7-14(19)5-4-12(10)8-13-9-21-24-16(13)22-18(20)23-17(24)15-6-3-11(2)25-15/h3-7,9H,8H2,1-2H3,(H2,20,22). The largest absolute Gasteiger partial charge is 0.458 e. The molecule has 2 N–H and O–H groups in total. The van der Waals surface area contributed by atoms with Crippen LogP contribution in [-0.4, -0.2) is 19.6 Å². The highest BCUT2D eigenvalue weighted by atomic mass is 19.1. The highest BCUT2D eigenvalue weighted by molar-refractivity contribution is 5.59. The van der Waals surface area contributed by atoms with Crippen molar-refractivity contribution in [1.29, 1.82) is 0 Å². The van der Waals surface area contributed by atoms with E-state index in [-0.39, 0.29) is 11.8 Å². The summed E-state index contributed by atoms with van der Waals surface area (Å²) in [6.07, 6.45) is 2.30. The van der Waals surface area contributed by atoms with Gasteiger partial charge in [-0.3, -0.25) is 0 Å². The van der Waals surface area contributed by atoms with Crippen molar-refractivity contribution < 1.29 is 8.81 Å². The Morgan fingerprint density at radius 3 is 2.68 bits per heavy atom. The molecular weight excluding hydrogens is 321 g/mol. The van der Waals surface area contributed by atoms with E-state index < -0.39 is 0 Å². The van der Waals surface area contributed by atoms with Crippen LogP contribution in [0.25, 0.3) is 17.2 Å². The first kappa shape index (κ1) is 15.3. The first-order valence-electron chi connectivity index (χ1n) is 7.83. The number of rotatable bonds is 3. The summed E-state index contributed by atoms with van der Waals surface area (Å²) in [6.45, 7) is 3.74. The van der Waals surface area contributed by atoms with Gasteiger partial charge in [-0.05, 0) is 49.2 Å². The Morgan fingerprint density at radius 1 is 1.12 bits per heavy atom. The normalized spacial score (nSPS) is 11.3. The molecule has 6 nitrogen and oxygen atoms in total. The second-order valence-corrected chi connectivity index (χ2v) is 5.97. The predicted molar refractivity (Wildman–Crippen MR) is 91.6 cm³/mol. The number of nitrogens with zero attached hydrogens (tertiary/aromatic N) is 4. The number of furan rings is 1. The molecule has 0 radical (unpaired) electrons. The molecule has 0 atom stereocenters. The van der Waals surface area contributed by atoms with Gasteiger partial charge >= 0.3 is 0 Å². The molecule has 0 saturated carbocycles. The molecule has 7 heteroatoms. The Bertz CT molecular complexity index is 1080. The van der Waals surface area contributed by atoms with E-state index in [0.717, 1.165) is 22.5 Å². The molecule has 0 aliphatic heterocycles. The van der Waals surface area contributed by atoms with Gasteiger partial charge in [0.2, 0.25) is 11.8 Å². The molecule has 25 heavy (non-hydrogen) atoms. The summed E-state index contributed by atoms with van der Waals surface area (Å²) in [4.78, 5) is 8.58. The lowest BCUT2D eigenvalue weighted by Gasteiger charge is -2.06. The van der Waals surface area contributed by atoms with E-state index in [0.29, 0.717) is 23.7 Å². The fourth-order valence-electron chi connectivity index (χ4n) is 2.84. The van der Waals surface area contributed by atoms with Gasteiger partial charge < -0.3 is 10.2 Å². The van der Waals surface area contributed by atoms with Crippen LogP contribution in [0.3, 0.4) is 0 Å². The van der Waals surface area contributed by atoms with Gasteiger partial charge in [-0.25, -0.2) is 4.39 Å². The molecule has 0 spiro atoms. The molecule has 0 aliphatic rings. The number of nitrogens with two attached hydrogens (primary N) is 1. The summed E-state index contributed by atoms with van der Waals surface area (Å²) in [5.74, 6) is 1.74. The van der Waals surface area contributed by atoms with Crippen molar-refractivity contribution in [2.45, 2.75) is 20.3 Å². The fraction of sp³-hybridized carbons (Fsp3) is 0.167. The molecule has 0 saturated heterocycles. The van der Waals surface area contributed by atoms with Gasteiger partial charge in [0, 0.05) is 12.0 Å². The lowest BCUT2D eigenvalue weighted by Crippen LogP contribution is -2.05. The van der Waals surface area contributed by atoms with Crippen molar-refractivity contribution in [3.63, 3.8) is 0 Å². The van der Waals surface area contributed by atoms with Gasteiger partial charge in [0.25, 0.3) is 0 Å². The van der Waals surface area contributed by atoms with Crippen LogP contribution in [0.5, 0.6) is 0 Å². The Balaban J connectivity index is 1.83. The number of hydrogen-bond acceptors (Lipinski definition) is 5. The van der Waals surface area contributed by atoms with Crippen LogP contribution in [0.15, 0.2) is 40.9 Å². The molecule has 3 aromatic heterocycles. The molecule has 0 fully saturated rings. The monoisotopic (exact) mass is 337 g/mol. The molecule has 0 aliphatic carbocycles. The Kier molecular flexibility index (Phi) is 3.49. The van der Waals surface area contributed by atoms with E-state index in [1.165, 1.54) is 12.1 Å². The van der Waals surface area contributed by atoms with E-state index in [4.69, 9.17) is 10.2 Å². The Morgan fingerprint density at radius 2 is 1.96 bits per heavy atom. The summed E-state index contributed by atoms with van der Waals surface area (Å²) < 4.78 is 20.6. The Labute approximate surface area is 143 Å². The number of benzene rings is 1. The first-order valence-corrected chi connectivity index (χ1v) is 7.83. The summed E-state index contributed by atoms with van der Waals surface area (Å²) >= 11 is 0. The van der Waals surface area contributed by atoms with Crippen molar-refractivity contribution in [2.75, 3.05) is 5.73 Å². The minimum atomic E-state index is -0.247. The molecule has 4 rings (SSSR count). The zero-order chi connectivity index (χ0) is 17.6. The lowest BCUT2D eigenvalue weighted by molar-refractivity contribution is 0.541.